The van der Waals surface area contributed by atoms with Crippen molar-refractivity contribution in [3.63, 3.8) is 0 Å². The number of nitrogens with one attached hydrogen (secondary N) is 2. The van der Waals surface area contributed by atoms with E-state index in [0.29, 0.717) is 0 Å². The van der Waals surface area contributed by atoms with E-state index in [1.807, 2.05) is 12.1 Å². The summed E-state index contributed by atoms with van der Waals surface area (Å²) in [5.74, 6) is 0.938. The highest BCUT2D eigenvalue weighted by atomic mass is 16.5. The van der Waals surface area contributed by atoms with Gasteiger partial charge >= 0.3 is 0 Å². The fourth-order valence-electron chi connectivity index (χ4n) is 2.91. The average Bonchev–Trinajstić information content (AvgIpc) is 2.89. The number of aromatic nitrogens is 2. The number of rotatable bonds is 3. The second-order valence-corrected chi connectivity index (χ2v) is 5.23. The first-order valence-electron chi connectivity index (χ1n) is 6.62. The third kappa shape index (κ3) is 2.12. The van der Waals surface area contributed by atoms with Gasteiger partial charge in [0.2, 0.25) is 0 Å². The van der Waals surface area contributed by atoms with Crippen molar-refractivity contribution in [2.45, 2.75) is 25.3 Å². The molecule has 0 bridgehead atoms. The molecule has 2 heterocycles. The first kappa shape index (κ1) is 12.2. The van der Waals surface area contributed by atoms with Gasteiger partial charge in [-0.1, -0.05) is 18.2 Å². The van der Waals surface area contributed by atoms with Crippen molar-refractivity contribution in [3.8, 4) is 5.75 Å². The SMILES string of the molecule is COc1ccccc1CC1(C)NCCc2[nH]cnc21. The van der Waals surface area contributed by atoms with Crippen molar-refractivity contribution in [2.75, 3.05) is 13.7 Å². The molecule has 1 aliphatic rings. The summed E-state index contributed by atoms with van der Waals surface area (Å²) in [7, 11) is 1.72. The summed E-state index contributed by atoms with van der Waals surface area (Å²) < 4.78 is 5.45. The maximum atomic E-state index is 5.45. The number of ether oxygens (including phenoxy) is 1. The van der Waals surface area contributed by atoms with Crippen molar-refractivity contribution in [1.82, 2.24) is 15.3 Å². The number of para-hydroxylation sites is 1. The summed E-state index contributed by atoms with van der Waals surface area (Å²) in [6, 6.07) is 8.17. The number of hydrogen-bond donors (Lipinski definition) is 2. The van der Waals surface area contributed by atoms with Crippen molar-refractivity contribution in [1.29, 1.82) is 0 Å². The summed E-state index contributed by atoms with van der Waals surface area (Å²) in [5, 5.41) is 3.60. The lowest BCUT2D eigenvalue weighted by Crippen LogP contribution is -2.46. The monoisotopic (exact) mass is 257 g/mol. The van der Waals surface area contributed by atoms with Gasteiger partial charge < -0.3 is 15.0 Å². The van der Waals surface area contributed by atoms with Gasteiger partial charge in [0.1, 0.15) is 5.75 Å². The van der Waals surface area contributed by atoms with E-state index in [-0.39, 0.29) is 5.54 Å². The van der Waals surface area contributed by atoms with Crippen molar-refractivity contribution >= 4 is 0 Å². The van der Waals surface area contributed by atoms with Gasteiger partial charge in [0.05, 0.1) is 24.7 Å². The molecule has 4 nitrogen and oxygen atoms in total. The van der Waals surface area contributed by atoms with Crippen LogP contribution in [0, 0.1) is 0 Å². The number of imidazole rings is 1. The minimum Gasteiger partial charge on any atom is -0.496 e. The quantitative estimate of drug-likeness (QED) is 0.884. The van der Waals surface area contributed by atoms with E-state index < -0.39 is 0 Å². The lowest BCUT2D eigenvalue weighted by Gasteiger charge is -2.34. The number of aromatic amines is 1. The van der Waals surface area contributed by atoms with Gasteiger partial charge in [-0.3, -0.25) is 0 Å². The molecule has 0 amide bonds. The van der Waals surface area contributed by atoms with Crippen LogP contribution in [0.5, 0.6) is 5.75 Å². The number of nitrogens with zero attached hydrogens (tertiary/aromatic N) is 1. The second-order valence-electron chi connectivity index (χ2n) is 5.23. The van der Waals surface area contributed by atoms with Crippen LogP contribution >= 0.6 is 0 Å². The van der Waals surface area contributed by atoms with E-state index in [1.54, 1.807) is 13.4 Å². The van der Waals surface area contributed by atoms with Gasteiger partial charge in [-0.05, 0) is 25.0 Å². The van der Waals surface area contributed by atoms with Crippen LogP contribution < -0.4 is 10.1 Å². The summed E-state index contributed by atoms with van der Waals surface area (Å²) in [6.07, 6.45) is 3.67. The molecule has 1 unspecified atom stereocenters. The largest absolute Gasteiger partial charge is 0.496 e. The zero-order valence-corrected chi connectivity index (χ0v) is 11.4. The number of benzene rings is 1. The lowest BCUT2D eigenvalue weighted by atomic mass is 9.85. The Morgan fingerprint density at radius 2 is 2.21 bits per heavy atom. The van der Waals surface area contributed by atoms with Crippen LogP contribution in [0.1, 0.15) is 23.9 Å². The molecular weight excluding hydrogens is 238 g/mol. The molecule has 0 aliphatic carbocycles. The summed E-state index contributed by atoms with van der Waals surface area (Å²) >= 11 is 0. The van der Waals surface area contributed by atoms with Gasteiger partial charge in [0, 0.05) is 18.7 Å². The molecule has 2 N–H and O–H groups in total. The van der Waals surface area contributed by atoms with Crippen LogP contribution in [-0.4, -0.2) is 23.6 Å². The molecule has 0 saturated heterocycles. The van der Waals surface area contributed by atoms with Crippen LogP contribution in [0.3, 0.4) is 0 Å². The van der Waals surface area contributed by atoms with Crippen molar-refractivity contribution in [3.05, 3.63) is 47.5 Å². The number of methoxy groups -OCH3 is 1. The molecule has 0 spiro atoms. The Bertz CT molecular complexity index is 578. The summed E-state index contributed by atoms with van der Waals surface area (Å²) in [5.41, 5.74) is 3.44. The highest BCUT2D eigenvalue weighted by Gasteiger charge is 2.34. The third-order valence-electron chi connectivity index (χ3n) is 3.87. The molecule has 0 radical (unpaired) electrons. The van der Waals surface area contributed by atoms with E-state index >= 15 is 0 Å². The molecule has 3 rings (SSSR count). The Labute approximate surface area is 113 Å². The number of hydrogen-bond acceptors (Lipinski definition) is 3. The van der Waals surface area contributed by atoms with E-state index in [1.165, 1.54) is 11.3 Å². The van der Waals surface area contributed by atoms with Gasteiger partial charge in [0.25, 0.3) is 0 Å². The molecule has 0 saturated carbocycles. The predicted octanol–water partition coefficient (Wildman–Crippen LogP) is 2.02. The smallest absolute Gasteiger partial charge is 0.122 e. The Balaban J connectivity index is 1.95. The molecule has 1 atom stereocenters. The highest BCUT2D eigenvalue weighted by molar-refractivity contribution is 5.37. The molecule has 19 heavy (non-hydrogen) atoms. The topological polar surface area (TPSA) is 49.9 Å². The molecule has 4 heteroatoms. The number of fused-ring (bicyclic) bond motifs is 1. The zero-order valence-electron chi connectivity index (χ0n) is 11.4. The molecule has 2 aromatic rings. The fourth-order valence-corrected chi connectivity index (χ4v) is 2.91. The van der Waals surface area contributed by atoms with Crippen LogP contribution in [0.15, 0.2) is 30.6 Å². The first-order chi connectivity index (χ1) is 9.23. The Kier molecular flexibility index (Phi) is 3.03. The Hall–Kier alpha value is -1.81. The van der Waals surface area contributed by atoms with E-state index in [9.17, 15) is 0 Å². The van der Waals surface area contributed by atoms with Gasteiger partial charge in [-0.15, -0.1) is 0 Å². The van der Waals surface area contributed by atoms with Gasteiger partial charge in [-0.2, -0.15) is 0 Å². The molecule has 100 valence electrons. The predicted molar refractivity (Wildman–Crippen MR) is 74.3 cm³/mol. The normalized spacial score (nSPS) is 22.0. The standard InChI is InChI=1S/C15H19N3O/c1-15(9-11-5-3-4-6-13(11)19-2)14-12(7-8-18-15)16-10-17-14/h3-6,10,18H,7-9H2,1-2H3,(H,16,17). The Morgan fingerprint density at radius 3 is 3.05 bits per heavy atom. The number of H-pyrrole nitrogens is 1. The lowest BCUT2D eigenvalue weighted by molar-refractivity contribution is 0.327. The molecule has 1 aromatic heterocycles. The summed E-state index contributed by atoms with van der Waals surface area (Å²) in [4.78, 5) is 7.75. The van der Waals surface area contributed by atoms with E-state index in [4.69, 9.17) is 4.74 Å². The van der Waals surface area contributed by atoms with Crippen LogP contribution in [0.2, 0.25) is 0 Å². The van der Waals surface area contributed by atoms with E-state index in [2.05, 4.69) is 34.3 Å². The van der Waals surface area contributed by atoms with Crippen LogP contribution in [-0.2, 0) is 18.4 Å². The highest BCUT2D eigenvalue weighted by Crippen LogP contribution is 2.32. The molecule has 1 aromatic carbocycles. The first-order valence-corrected chi connectivity index (χ1v) is 6.62. The minimum atomic E-state index is -0.137. The molecule has 0 fully saturated rings. The van der Waals surface area contributed by atoms with Crippen molar-refractivity contribution in [2.24, 2.45) is 0 Å². The molecular formula is C15H19N3O. The fraction of sp³-hybridized carbons (Fsp3) is 0.400. The summed E-state index contributed by atoms with van der Waals surface area (Å²) in [6.45, 7) is 3.18. The van der Waals surface area contributed by atoms with Crippen LogP contribution in [0.4, 0.5) is 0 Å². The minimum absolute atomic E-state index is 0.137. The maximum Gasteiger partial charge on any atom is 0.122 e. The zero-order chi connectivity index (χ0) is 13.3. The van der Waals surface area contributed by atoms with Crippen LogP contribution in [0.25, 0.3) is 0 Å². The third-order valence-corrected chi connectivity index (χ3v) is 3.87. The average molecular weight is 257 g/mol. The second kappa shape index (κ2) is 4.70. The van der Waals surface area contributed by atoms with Gasteiger partial charge in [-0.25, -0.2) is 4.98 Å². The molecule has 1 aliphatic heterocycles. The van der Waals surface area contributed by atoms with Gasteiger partial charge in [0.15, 0.2) is 0 Å². The Morgan fingerprint density at radius 1 is 1.37 bits per heavy atom. The van der Waals surface area contributed by atoms with Crippen molar-refractivity contribution < 1.29 is 4.74 Å². The van der Waals surface area contributed by atoms with E-state index in [0.717, 1.165) is 30.8 Å². The maximum absolute atomic E-state index is 5.45.